The van der Waals surface area contributed by atoms with E-state index in [1.165, 1.54) is 11.1 Å². The molecule has 2 aromatic carbocycles. The Hall–Kier alpha value is -3.68. The summed E-state index contributed by atoms with van der Waals surface area (Å²) < 4.78 is 38.7. The van der Waals surface area contributed by atoms with E-state index in [0.29, 0.717) is 17.0 Å². The molecule has 0 saturated heterocycles. The molecule has 0 radical (unpaired) electrons. The molecule has 2 heterocycles. The van der Waals surface area contributed by atoms with E-state index < -0.39 is 11.9 Å². The Kier molecular flexibility index (Phi) is 4.50. The standard InChI is InChI=1S/C23H18F3N5/c24-23(25,26)20-9-10-28-22(31-20)29-15-6-8-19-14(11-15)12-18(21(27)30-19)17-7-5-13-3-1-2-4-16(13)17/h1-4,6,8-12,17H,5,7H2,(H2,27,30)(H,28,29,31)/t17-/m1/s1. The molecule has 4 aromatic rings. The molecule has 31 heavy (non-hydrogen) atoms. The van der Waals surface area contributed by atoms with Gasteiger partial charge in [0.2, 0.25) is 5.95 Å². The Morgan fingerprint density at radius 2 is 1.81 bits per heavy atom. The van der Waals surface area contributed by atoms with E-state index in [1.54, 1.807) is 12.1 Å². The number of fused-ring (bicyclic) bond motifs is 2. The number of hydrogen-bond acceptors (Lipinski definition) is 5. The van der Waals surface area contributed by atoms with E-state index in [2.05, 4.69) is 32.4 Å². The molecule has 5 nitrogen and oxygen atoms in total. The van der Waals surface area contributed by atoms with Crippen LogP contribution in [0.4, 0.5) is 30.6 Å². The zero-order chi connectivity index (χ0) is 21.6. The van der Waals surface area contributed by atoms with Gasteiger partial charge >= 0.3 is 6.18 Å². The molecule has 0 unspecified atom stereocenters. The molecular formula is C23H18F3N5. The summed E-state index contributed by atoms with van der Waals surface area (Å²) in [5.41, 5.74) is 10.1. The second kappa shape index (κ2) is 7.23. The fourth-order valence-electron chi connectivity index (χ4n) is 4.15. The highest BCUT2D eigenvalue weighted by Crippen LogP contribution is 2.40. The van der Waals surface area contributed by atoms with Gasteiger partial charge in [0.15, 0.2) is 0 Å². The molecule has 0 spiro atoms. The maximum absolute atomic E-state index is 12.9. The Bertz CT molecular complexity index is 1290. The molecule has 0 fully saturated rings. The van der Waals surface area contributed by atoms with E-state index in [4.69, 9.17) is 5.73 Å². The molecule has 0 saturated carbocycles. The average Bonchev–Trinajstić information content (AvgIpc) is 3.17. The Morgan fingerprint density at radius 1 is 0.968 bits per heavy atom. The number of nitrogen functional groups attached to an aromatic ring is 1. The third-order valence-corrected chi connectivity index (χ3v) is 5.59. The SMILES string of the molecule is Nc1nc2ccc(Nc3nccc(C(F)(F)F)n3)cc2cc1[C@@H]1CCc2ccccc21. The molecule has 8 heteroatoms. The van der Waals surface area contributed by atoms with Crippen molar-refractivity contribution in [1.29, 1.82) is 0 Å². The van der Waals surface area contributed by atoms with E-state index in [0.717, 1.165) is 36.1 Å². The Balaban J connectivity index is 1.50. The van der Waals surface area contributed by atoms with Crippen molar-refractivity contribution < 1.29 is 13.2 Å². The van der Waals surface area contributed by atoms with Crippen LogP contribution in [0.15, 0.2) is 60.8 Å². The molecule has 5 rings (SSSR count). The number of hydrogen-bond donors (Lipinski definition) is 2. The van der Waals surface area contributed by atoms with Crippen molar-refractivity contribution in [2.75, 3.05) is 11.1 Å². The lowest BCUT2D eigenvalue weighted by atomic mass is 9.92. The normalized spacial score (nSPS) is 15.8. The highest BCUT2D eigenvalue weighted by atomic mass is 19.4. The number of halogens is 3. The Morgan fingerprint density at radius 3 is 2.65 bits per heavy atom. The molecule has 1 aliphatic carbocycles. The predicted molar refractivity (Wildman–Crippen MR) is 113 cm³/mol. The number of aromatic nitrogens is 3. The van der Waals surface area contributed by atoms with Crippen molar-refractivity contribution in [3.8, 4) is 0 Å². The molecular weight excluding hydrogens is 403 g/mol. The van der Waals surface area contributed by atoms with E-state index >= 15 is 0 Å². The zero-order valence-corrected chi connectivity index (χ0v) is 16.3. The maximum atomic E-state index is 12.9. The second-order valence-corrected chi connectivity index (χ2v) is 7.55. The summed E-state index contributed by atoms with van der Waals surface area (Å²) in [6.45, 7) is 0. The predicted octanol–water partition coefficient (Wildman–Crippen LogP) is 5.45. The van der Waals surface area contributed by atoms with Crippen molar-refractivity contribution >= 4 is 28.4 Å². The first-order valence-corrected chi connectivity index (χ1v) is 9.84. The molecule has 0 amide bonds. The van der Waals surface area contributed by atoms with Crippen LogP contribution in [0.25, 0.3) is 10.9 Å². The molecule has 0 bridgehead atoms. The number of nitrogens with zero attached hydrogens (tertiary/aromatic N) is 3. The highest BCUT2D eigenvalue weighted by Gasteiger charge is 2.32. The number of nitrogens with one attached hydrogen (secondary N) is 1. The van der Waals surface area contributed by atoms with Crippen molar-refractivity contribution in [3.05, 3.63) is 83.2 Å². The van der Waals surface area contributed by atoms with Gasteiger partial charge < -0.3 is 11.1 Å². The van der Waals surface area contributed by atoms with Crippen LogP contribution in [0.3, 0.4) is 0 Å². The van der Waals surface area contributed by atoms with Crippen molar-refractivity contribution in [1.82, 2.24) is 15.0 Å². The minimum Gasteiger partial charge on any atom is -0.383 e. The first-order chi connectivity index (χ1) is 14.9. The quantitative estimate of drug-likeness (QED) is 0.460. The lowest BCUT2D eigenvalue weighted by Gasteiger charge is -2.16. The van der Waals surface area contributed by atoms with Gasteiger partial charge in [0, 0.05) is 28.8 Å². The van der Waals surface area contributed by atoms with Crippen LogP contribution in [0, 0.1) is 0 Å². The van der Waals surface area contributed by atoms with Crippen molar-refractivity contribution in [2.45, 2.75) is 24.9 Å². The van der Waals surface area contributed by atoms with Crippen LogP contribution in [-0.4, -0.2) is 15.0 Å². The summed E-state index contributed by atoms with van der Waals surface area (Å²) in [6, 6.07) is 16.5. The van der Waals surface area contributed by atoms with Crippen LogP contribution < -0.4 is 11.1 Å². The number of alkyl halides is 3. The van der Waals surface area contributed by atoms with Crippen LogP contribution >= 0.6 is 0 Å². The number of pyridine rings is 1. The molecule has 0 aliphatic heterocycles. The summed E-state index contributed by atoms with van der Waals surface area (Å²) in [6.07, 6.45) is -1.49. The average molecular weight is 421 g/mol. The van der Waals surface area contributed by atoms with Gasteiger partial charge in [0.25, 0.3) is 0 Å². The topological polar surface area (TPSA) is 76.7 Å². The van der Waals surface area contributed by atoms with Crippen LogP contribution in [-0.2, 0) is 12.6 Å². The summed E-state index contributed by atoms with van der Waals surface area (Å²) >= 11 is 0. The maximum Gasteiger partial charge on any atom is 0.433 e. The van der Waals surface area contributed by atoms with Gasteiger partial charge in [-0.3, -0.25) is 0 Å². The highest BCUT2D eigenvalue weighted by molar-refractivity contribution is 5.85. The fraction of sp³-hybridized carbons (Fsp3) is 0.174. The van der Waals surface area contributed by atoms with Gasteiger partial charge in [-0.05, 0) is 54.3 Å². The molecule has 2 aromatic heterocycles. The van der Waals surface area contributed by atoms with Gasteiger partial charge in [0.05, 0.1) is 5.52 Å². The third kappa shape index (κ3) is 3.65. The van der Waals surface area contributed by atoms with Gasteiger partial charge in [-0.1, -0.05) is 24.3 Å². The van der Waals surface area contributed by atoms with Crippen molar-refractivity contribution in [2.24, 2.45) is 0 Å². The number of anilines is 3. The minimum absolute atomic E-state index is 0.123. The third-order valence-electron chi connectivity index (χ3n) is 5.59. The van der Waals surface area contributed by atoms with E-state index in [9.17, 15) is 13.2 Å². The smallest absolute Gasteiger partial charge is 0.383 e. The number of rotatable bonds is 3. The molecule has 156 valence electrons. The fourth-order valence-corrected chi connectivity index (χ4v) is 4.15. The van der Waals surface area contributed by atoms with Gasteiger partial charge in [-0.25, -0.2) is 15.0 Å². The summed E-state index contributed by atoms with van der Waals surface area (Å²) in [7, 11) is 0. The minimum atomic E-state index is -4.53. The second-order valence-electron chi connectivity index (χ2n) is 7.55. The summed E-state index contributed by atoms with van der Waals surface area (Å²) in [5.74, 6) is 0.551. The van der Waals surface area contributed by atoms with E-state index in [-0.39, 0.29) is 11.9 Å². The Labute approximate surface area is 176 Å². The number of benzene rings is 2. The zero-order valence-electron chi connectivity index (χ0n) is 16.3. The number of aryl methyl sites for hydroxylation is 1. The van der Waals surface area contributed by atoms with Gasteiger partial charge in [-0.2, -0.15) is 13.2 Å². The largest absolute Gasteiger partial charge is 0.433 e. The number of nitrogens with two attached hydrogens (primary N) is 1. The summed E-state index contributed by atoms with van der Waals surface area (Å²) in [4.78, 5) is 12.0. The van der Waals surface area contributed by atoms with E-state index in [1.807, 2.05) is 24.3 Å². The van der Waals surface area contributed by atoms with Crippen LogP contribution in [0.5, 0.6) is 0 Å². The molecule has 1 aliphatic rings. The van der Waals surface area contributed by atoms with Crippen LogP contribution in [0.1, 0.15) is 34.7 Å². The monoisotopic (exact) mass is 421 g/mol. The first-order valence-electron chi connectivity index (χ1n) is 9.84. The molecule has 1 atom stereocenters. The molecule has 3 N–H and O–H groups in total. The van der Waals surface area contributed by atoms with Gasteiger partial charge in [0.1, 0.15) is 11.5 Å². The first kappa shape index (κ1) is 19.3. The van der Waals surface area contributed by atoms with Gasteiger partial charge in [-0.15, -0.1) is 0 Å². The van der Waals surface area contributed by atoms with Crippen molar-refractivity contribution in [3.63, 3.8) is 0 Å². The lowest BCUT2D eigenvalue weighted by molar-refractivity contribution is -0.141. The van der Waals surface area contributed by atoms with Crippen LogP contribution in [0.2, 0.25) is 0 Å². The summed E-state index contributed by atoms with van der Waals surface area (Å²) in [5, 5.41) is 3.69. The lowest BCUT2D eigenvalue weighted by Crippen LogP contribution is -2.10.